The Balaban J connectivity index is 1.75. The quantitative estimate of drug-likeness (QED) is 0.943. The number of aromatic nitrogens is 2. The predicted octanol–water partition coefficient (Wildman–Crippen LogP) is 2.89. The summed E-state index contributed by atoms with van der Waals surface area (Å²) in [5.74, 6) is 0.671. The van der Waals surface area contributed by atoms with Gasteiger partial charge in [0.25, 0.3) is 5.91 Å². The maximum atomic E-state index is 12.7. The minimum atomic E-state index is -0.0332. The molecule has 2 heterocycles. The molecule has 1 aromatic heterocycles. The lowest BCUT2D eigenvalue weighted by molar-refractivity contribution is 0.0728. The van der Waals surface area contributed by atoms with E-state index in [0.29, 0.717) is 24.1 Å². The van der Waals surface area contributed by atoms with Crippen LogP contribution < -0.4 is 5.32 Å². The van der Waals surface area contributed by atoms with Gasteiger partial charge in [-0.05, 0) is 30.9 Å². The highest BCUT2D eigenvalue weighted by Crippen LogP contribution is 2.20. The van der Waals surface area contributed by atoms with Crippen molar-refractivity contribution in [3.8, 4) is 0 Å². The average Bonchev–Trinajstić information content (AvgIpc) is 2.60. The van der Waals surface area contributed by atoms with E-state index in [1.807, 2.05) is 17.0 Å². The van der Waals surface area contributed by atoms with Crippen molar-refractivity contribution in [2.24, 2.45) is 0 Å². The molecule has 120 valence electrons. The third-order valence-electron chi connectivity index (χ3n) is 4.31. The maximum absolute atomic E-state index is 12.7. The molecule has 1 amide bonds. The van der Waals surface area contributed by atoms with Crippen molar-refractivity contribution >= 4 is 11.7 Å². The molecule has 1 aliphatic heterocycles. The highest BCUT2D eigenvalue weighted by atomic mass is 16.2. The number of carbonyl (C=O) groups excluding carboxylic acids is 1. The van der Waals surface area contributed by atoms with Gasteiger partial charge in [0.2, 0.25) is 0 Å². The van der Waals surface area contributed by atoms with Crippen LogP contribution >= 0.6 is 0 Å². The first-order chi connectivity index (χ1) is 11.2. The summed E-state index contributed by atoms with van der Waals surface area (Å²) in [4.78, 5) is 22.9. The van der Waals surface area contributed by atoms with Gasteiger partial charge in [0.05, 0.1) is 0 Å². The van der Waals surface area contributed by atoms with Crippen molar-refractivity contribution in [3.05, 3.63) is 53.5 Å². The van der Waals surface area contributed by atoms with Gasteiger partial charge in [0, 0.05) is 25.2 Å². The summed E-state index contributed by atoms with van der Waals surface area (Å²) in [5, 5.41) is 3.28. The largest absolute Gasteiger partial charge is 0.368 e. The Labute approximate surface area is 136 Å². The van der Waals surface area contributed by atoms with Gasteiger partial charge in [-0.1, -0.05) is 31.2 Å². The first-order valence-electron chi connectivity index (χ1n) is 8.12. The molecule has 0 fully saturated rings. The van der Waals surface area contributed by atoms with Crippen LogP contribution in [0.4, 0.5) is 5.82 Å². The summed E-state index contributed by atoms with van der Waals surface area (Å²) in [5.41, 5.74) is 3.00. The van der Waals surface area contributed by atoms with Gasteiger partial charge in [0.15, 0.2) is 0 Å². The van der Waals surface area contributed by atoms with E-state index in [1.54, 1.807) is 6.07 Å². The molecule has 0 radical (unpaired) electrons. The first-order valence-corrected chi connectivity index (χ1v) is 8.12. The molecular weight excluding hydrogens is 288 g/mol. The van der Waals surface area contributed by atoms with E-state index in [0.717, 1.165) is 19.4 Å². The van der Waals surface area contributed by atoms with Gasteiger partial charge in [-0.2, -0.15) is 0 Å². The maximum Gasteiger partial charge on any atom is 0.272 e. The zero-order chi connectivity index (χ0) is 16.2. The second-order valence-electron chi connectivity index (χ2n) is 5.99. The zero-order valence-electron chi connectivity index (χ0n) is 13.6. The molecule has 0 bridgehead atoms. The Morgan fingerprint density at radius 3 is 2.87 bits per heavy atom. The van der Waals surface area contributed by atoms with Gasteiger partial charge in [0.1, 0.15) is 17.8 Å². The van der Waals surface area contributed by atoms with Crippen LogP contribution in [0.1, 0.15) is 41.9 Å². The molecule has 3 rings (SSSR count). The van der Waals surface area contributed by atoms with Crippen LogP contribution in [0.15, 0.2) is 36.7 Å². The van der Waals surface area contributed by atoms with Crippen molar-refractivity contribution in [2.45, 2.75) is 39.3 Å². The highest BCUT2D eigenvalue weighted by molar-refractivity contribution is 5.93. The number of nitrogens with zero attached hydrogens (tertiary/aromatic N) is 3. The Hall–Kier alpha value is -2.43. The van der Waals surface area contributed by atoms with Crippen LogP contribution in [-0.2, 0) is 13.0 Å². The number of anilines is 1. The lowest BCUT2D eigenvalue weighted by Gasteiger charge is -2.28. The van der Waals surface area contributed by atoms with Crippen LogP contribution in [0.25, 0.3) is 0 Å². The minimum absolute atomic E-state index is 0.0332. The Morgan fingerprint density at radius 2 is 2.09 bits per heavy atom. The van der Waals surface area contributed by atoms with Crippen molar-refractivity contribution in [3.63, 3.8) is 0 Å². The Kier molecular flexibility index (Phi) is 4.55. The van der Waals surface area contributed by atoms with E-state index >= 15 is 0 Å². The number of benzene rings is 1. The molecule has 0 saturated heterocycles. The molecular formula is C18H22N4O. The summed E-state index contributed by atoms with van der Waals surface area (Å²) in [6.07, 6.45) is 3.34. The van der Waals surface area contributed by atoms with Crippen molar-refractivity contribution < 1.29 is 4.79 Å². The monoisotopic (exact) mass is 310 g/mol. The number of rotatable bonds is 4. The number of hydrogen-bond donors (Lipinski definition) is 1. The number of nitrogens with one attached hydrogen (secondary N) is 1. The third kappa shape index (κ3) is 3.50. The number of fused-ring (bicyclic) bond motifs is 1. The summed E-state index contributed by atoms with van der Waals surface area (Å²) in [6, 6.07) is 10.4. The second-order valence-corrected chi connectivity index (χ2v) is 5.99. The summed E-state index contributed by atoms with van der Waals surface area (Å²) >= 11 is 0. The van der Waals surface area contributed by atoms with E-state index in [2.05, 4.69) is 41.3 Å². The Morgan fingerprint density at radius 1 is 1.30 bits per heavy atom. The van der Waals surface area contributed by atoms with Crippen LogP contribution in [0, 0.1) is 0 Å². The number of hydrogen-bond acceptors (Lipinski definition) is 4. The number of carbonyl (C=O) groups is 1. The molecule has 1 N–H and O–H groups in total. The van der Waals surface area contributed by atoms with Gasteiger partial charge in [-0.3, -0.25) is 4.79 Å². The zero-order valence-corrected chi connectivity index (χ0v) is 13.6. The lowest BCUT2D eigenvalue weighted by Crippen LogP contribution is -2.36. The molecule has 5 nitrogen and oxygen atoms in total. The molecule has 23 heavy (non-hydrogen) atoms. The smallest absolute Gasteiger partial charge is 0.272 e. The van der Waals surface area contributed by atoms with Crippen LogP contribution in [0.5, 0.6) is 0 Å². The van der Waals surface area contributed by atoms with E-state index in [9.17, 15) is 4.79 Å². The molecule has 5 heteroatoms. The van der Waals surface area contributed by atoms with E-state index in [4.69, 9.17) is 0 Å². The van der Waals surface area contributed by atoms with Gasteiger partial charge in [-0.15, -0.1) is 0 Å². The standard InChI is InChI=1S/C18H22N4O/c1-3-13(2)21-17-10-16(19-12-20-17)18(23)22-9-8-14-6-4-5-7-15(14)11-22/h4-7,10,12-13H,3,8-9,11H2,1-2H3,(H,19,20,21). The molecule has 0 spiro atoms. The fourth-order valence-corrected chi connectivity index (χ4v) is 2.74. The van der Waals surface area contributed by atoms with Crippen LogP contribution in [0.3, 0.4) is 0 Å². The first kappa shape index (κ1) is 15.5. The molecule has 2 aromatic rings. The van der Waals surface area contributed by atoms with E-state index in [-0.39, 0.29) is 5.91 Å². The molecule has 1 aromatic carbocycles. The normalized spacial score (nSPS) is 15.0. The fourth-order valence-electron chi connectivity index (χ4n) is 2.74. The topological polar surface area (TPSA) is 58.1 Å². The minimum Gasteiger partial charge on any atom is -0.368 e. The average molecular weight is 310 g/mol. The van der Waals surface area contributed by atoms with E-state index in [1.165, 1.54) is 17.5 Å². The summed E-state index contributed by atoms with van der Waals surface area (Å²) < 4.78 is 0. The predicted molar refractivity (Wildman–Crippen MR) is 90.3 cm³/mol. The van der Waals surface area contributed by atoms with Gasteiger partial charge >= 0.3 is 0 Å². The van der Waals surface area contributed by atoms with Gasteiger partial charge in [-0.25, -0.2) is 9.97 Å². The number of amides is 1. The highest BCUT2D eigenvalue weighted by Gasteiger charge is 2.22. The van der Waals surface area contributed by atoms with Gasteiger partial charge < -0.3 is 10.2 Å². The summed E-state index contributed by atoms with van der Waals surface area (Å²) in [6.45, 7) is 5.57. The van der Waals surface area contributed by atoms with Crippen LogP contribution in [0.2, 0.25) is 0 Å². The molecule has 1 atom stereocenters. The lowest BCUT2D eigenvalue weighted by atomic mass is 10.00. The fraction of sp³-hybridized carbons (Fsp3) is 0.389. The summed E-state index contributed by atoms with van der Waals surface area (Å²) in [7, 11) is 0. The third-order valence-corrected chi connectivity index (χ3v) is 4.31. The van der Waals surface area contributed by atoms with Crippen molar-refractivity contribution in [1.82, 2.24) is 14.9 Å². The SMILES string of the molecule is CCC(C)Nc1cc(C(=O)N2CCc3ccccc3C2)ncn1. The molecule has 1 aliphatic rings. The molecule has 0 saturated carbocycles. The Bertz CT molecular complexity index is 701. The molecule has 1 unspecified atom stereocenters. The second kappa shape index (κ2) is 6.77. The van der Waals surface area contributed by atoms with Crippen molar-refractivity contribution in [1.29, 1.82) is 0 Å². The molecule has 0 aliphatic carbocycles. The van der Waals surface area contributed by atoms with Crippen LogP contribution in [-0.4, -0.2) is 33.4 Å². The van der Waals surface area contributed by atoms with E-state index < -0.39 is 0 Å². The van der Waals surface area contributed by atoms with Crippen molar-refractivity contribution in [2.75, 3.05) is 11.9 Å².